The van der Waals surface area contributed by atoms with Crippen LogP contribution in [0.2, 0.25) is 0 Å². The van der Waals surface area contributed by atoms with Crippen LogP contribution in [-0.2, 0) is 19.1 Å². The van der Waals surface area contributed by atoms with Gasteiger partial charge >= 0.3 is 17.9 Å². The summed E-state index contributed by atoms with van der Waals surface area (Å²) < 4.78 is 27.7. The van der Waals surface area contributed by atoms with Gasteiger partial charge in [0.05, 0.1) is 24.9 Å². The predicted molar refractivity (Wildman–Crippen MR) is 176 cm³/mol. The molecule has 244 valence electrons. The second-order valence-corrected chi connectivity index (χ2v) is 12.0. The van der Waals surface area contributed by atoms with E-state index < -0.39 is 17.9 Å². The molecule has 8 nitrogen and oxygen atoms in total. The first-order valence-electron chi connectivity index (χ1n) is 16.0. The Bertz CT molecular complexity index is 1430. The first kappa shape index (κ1) is 34.4. The van der Waals surface area contributed by atoms with Crippen molar-refractivity contribution in [1.29, 1.82) is 0 Å². The van der Waals surface area contributed by atoms with Crippen LogP contribution in [0.4, 0.5) is 0 Å². The Kier molecular flexibility index (Phi) is 13.0. The summed E-state index contributed by atoms with van der Waals surface area (Å²) in [6.45, 7) is 10.8. The number of hydrogen-bond donors (Lipinski definition) is 0. The zero-order valence-corrected chi connectivity index (χ0v) is 26.9. The molecule has 3 aromatic rings. The van der Waals surface area contributed by atoms with Crippen molar-refractivity contribution < 1.29 is 38.1 Å². The SMILES string of the molecule is C=CC(=O)OCCCCOc1ccc(-c2ccc(OC(=O)c3ccc(OC(=O)COC4CC(C)CCC4C(C)C)cc3)cc2)cc1. The number of esters is 3. The van der Waals surface area contributed by atoms with Crippen molar-refractivity contribution in [1.82, 2.24) is 0 Å². The van der Waals surface area contributed by atoms with Gasteiger partial charge in [0.1, 0.15) is 23.9 Å². The van der Waals surface area contributed by atoms with Crippen molar-refractivity contribution in [2.45, 2.75) is 59.0 Å². The van der Waals surface area contributed by atoms with E-state index in [-0.39, 0.29) is 12.7 Å². The molecule has 0 amide bonds. The van der Waals surface area contributed by atoms with Crippen LogP contribution in [-0.4, -0.2) is 43.8 Å². The van der Waals surface area contributed by atoms with Gasteiger partial charge < -0.3 is 23.7 Å². The maximum absolute atomic E-state index is 12.7. The monoisotopic (exact) mass is 628 g/mol. The Balaban J connectivity index is 1.20. The molecule has 1 saturated carbocycles. The fourth-order valence-electron chi connectivity index (χ4n) is 5.55. The van der Waals surface area contributed by atoms with Gasteiger partial charge in [-0.3, -0.25) is 0 Å². The fraction of sp³-hybridized carbons (Fsp3) is 0.395. The van der Waals surface area contributed by atoms with Crippen LogP contribution in [0.3, 0.4) is 0 Å². The molecule has 3 unspecified atom stereocenters. The molecule has 0 bridgehead atoms. The minimum Gasteiger partial charge on any atom is -0.494 e. The molecule has 46 heavy (non-hydrogen) atoms. The van der Waals surface area contributed by atoms with Crippen molar-refractivity contribution in [3.63, 3.8) is 0 Å². The summed E-state index contributed by atoms with van der Waals surface area (Å²) in [5.41, 5.74) is 2.29. The summed E-state index contributed by atoms with van der Waals surface area (Å²) >= 11 is 0. The van der Waals surface area contributed by atoms with Gasteiger partial charge in [-0.15, -0.1) is 0 Å². The number of carbonyl (C=O) groups excluding carboxylic acids is 3. The van der Waals surface area contributed by atoms with Gasteiger partial charge in [-0.1, -0.05) is 58.0 Å². The smallest absolute Gasteiger partial charge is 0.343 e. The van der Waals surface area contributed by atoms with Gasteiger partial charge in [-0.25, -0.2) is 14.4 Å². The van der Waals surface area contributed by atoms with E-state index in [0.717, 1.165) is 42.2 Å². The minimum absolute atomic E-state index is 0.0629. The zero-order chi connectivity index (χ0) is 32.9. The lowest BCUT2D eigenvalue weighted by Crippen LogP contribution is -2.36. The lowest BCUT2D eigenvalue weighted by atomic mass is 9.75. The van der Waals surface area contributed by atoms with Crippen LogP contribution in [0.15, 0.2) is 85.5 Å². The molecule has 0 N–H and O–H groups in total. The maximum Gasteiger partial charge on any atom is 0.343 e. The highest BCUT2D eigenvalue weighted by atomic mass is 16.6. The molecular formula is C38H44O8. The quantitative estimate of drug-likeness (QED) is 0.0727. The number of benzene rings is 3. The van der Waals surface area contributed by atoms with Gasteiger partial charge in [0.15, 0.2) is 0 Å². The van der Waals surface area contributed by atoms with Crippen molar-refractivity contribution in [3.8, 4) is 28.4 Å². The normalized spacial score (nSPS) is 17.6. The van der Waals surface area contributed by atoms with Crippen LogP contribution in [0, 0.1) is 17.8 Å². The highest BCUT2D eigenvalue weighted by molar-refractivity contribution is 5.91. The molecule has 3 aromatic carbocycles. The van der Waals surface area contributed by atoms with Gasteiger partial charge in [0.25, 0.3) is 0 Å². The summed E-state index contributed by atoms with van der Waals surface area (Å²) in [4.78, 5) is 36.2. The highest BCUT2D eigenvalue weighted by Gasteiger charge is 2.32. The summed E-state index contributed by atoms with van der Waals surface area (Å²) in [7, 11) is 0. The molecule has 3 atom stereocenters. The first-order chi connectivity index (χ1) is 22.2. The molecule has 1 aliphatic rings. The number of carbonyl (C=O) groups is 3. The summed E-state index contributed by atoms with van der Waals surface area (Å²) in [6, 6.07) is 21.2. The van der Waals surface area contributed by atoms with E-state index in [1.165, 1.54) is 6.42 Å². The molecule has 0 radical (unpaired) electrons. The Morgan fingerprint density at radius 2 is 1.39 bits per heavy atom. The van der Waals surface area contributed by atoms with Crippen molar-refractivity contribution in [2.24, 2.45) is 17.8 Å². The molecule has 0 aromatic heterocycles. The molecule has 1 fully saturated rings. The van der Waals surface area contributed by atoms with Crippen molar-refractivity contribution in [2.75, 3.05) is 19.8 Å². The molecule has 8 heteroatoms. The maximum atomic E-state index is 12.7. The van der Waals surface area contributed by atoms with E-state index in [2.05, 4.69) is 27.4 Å². The van der Waals surface area contributed by atoms with Gasteiger partial charge in [0, 0.05) is 6.08 Å². The summed E-state index contributed by atoms with van der Waals surface area (Å²) in [5, 5.41) is 0. The zero-order valence-electron chi connectivity index (χ0n) is 26.9. The van der Waals surface area contributed by atoms with Crippen molar-refractivity contribution >= 4 is 17.9 Å². The Morgan fingerprint density at radius 1 is 0.804 bits per heavy atom. The average Bonchev–Trinajstić information content (AvgIpc) is 3.06. The third-order valence-corrected chi connectivity index (χ3v) is 8.17. The fourth-order valence-corrected chi connectivity index (χ4v) is 5.55. The van der Waals surface area contributed by atoms with E-state index in [1.807, 2.05) is 36.4 Å². The molecule has 0 spiro atoms. The first-order valence-corrected chi connectivity index (χ1v) is 16.0. The van der Waals surface area contributed by atoms with Crippen molar-refractivity contribution in [3.05, 3.63) is 91.0 Å². The van der Waals surface area contributed by atoms with Crippen LogP contribution in [0.25, 0.3) is 11.1 Å². The second-order valence-electron chi connectivity index (χ2n) is 12.0. The Labute approximate surface area is 271 Å². The molecule has 0 aliphatic heterocycles. The van der Waals surface area contributed by atoms with Crippen LogP contribution < -0.4 is 14.2 Å². The number of unbranched alkanes of at least 4 members (excludes halogenated alkanes) is 1. The summed E-state index contributed by atoms with van der Waals surface area (Å²) in [5.74, 6) is 1.66. The molecular weight excluding hydrogens is 584 g/mol. The molecule has 4 rings (SSSR count). The molecule has 0 saturated heterocycles. The number of ether oxygens (including phenoxy) is 5. The lowest BCUT2D eigenvalue weighted by Gasteiger charge is -2.36. The van der Waals surface area contributed by atoms with Gasteiger partial charge in [-0.2, -0.15) is 0 Å². The van der Waals surface area contributed by atoms with Crippen LogP contribution >= 0.6 is 0 Å². The van der Waals surface area contributed by atoms with E-state index in [0.29, 0.717) is 54.5 Å². The number of hydrogen-bond acceptors (Lipinski definition) is 8. The lowest BCUT2D eigenvalue weighted by molar-refractivity contribution is -0.145. The van der Waals surface area contributed by atoms with E-state index in [9.17, 15) is 14.4 Å². The van der Waals surface area contributed by atoms with Gasteiger partial charge in [0.2, 0.25) is 0 Å². The highest BCUT2D eigenvalue weighted by Crippen LogP contribution is 2.35. The topological polar surface area (TPSA) is 97.4 Å². The third kappa shape index (κ3) is 10.6. The largest absolute Gasteiger partial charge is 0.494 e. The van der Waals surface area contributed by atoms with E-state index >= 15 is 0 Å². The van der Waals surface area contributed by atoms with Crippen LogP contribution in [0.5, 0.6) is 17.2 Å². The predicted octanol–water partition coefficient (Wildman–Crippen LogP) is 7.84. The minimum atomic E-state index is -0.513. The Morgan fingerprint density at radius 3 is 2.02 bits per heavy atom. The standard InChI is InChI=1S/C38H44O8/c1-5-36(39)43-23-7-6-22-42-31-15-9-28(10-16-31)29-11-17-33(18-12-29)46-38(41)30-13-19-32(20-14-30)45-37(40)25-44-35-24-27(4)8-21-34(35)26(2)3/h5,9-20,26-27,34-35H,1,6-8,21-25H2,2-4H3. The third-order valence-electron chi connectivity index (χ3n) is 8.17. The van der Waals surface area contributed by atoms with Gasteiger partial charge in [-0.05, 0) is 103 Å². The van der Waals surface area contributed by atoms with E-state index in [4.69, 9.17) is 23.7 Å². The average molecular weight is 629 g/mol. The van der Waals surface area contributed by atoms with Crippen LogP contribution in [0.1, 0.15) is 63.2 Å². The van der Waals surface area contributed by atoms with E-state index in [1.54, 1.807) is 36.4 Å². The second kappa shape index (κ2) is 17.3. The Hall–Kier alpha value is -4.43. The number of rotatable bonds is 15. The summed E-state index contributed by atoms with van der Waals surface area (Å²) in [6.07, 6.45) is 5.96. The molecule has 1 aliphatic carbocycles. The molecule has 0 heterocycles.